The number of benzene rings is 1. The van der Waals surface area contributed by atoms with Gasteiger partial charge in [0.05, 0.1) is 10.5 Å². The molecule has 1 aromatic rings. The fourth-order valence-corrected chi connectivity index (χ4v) is 6.62. The van der Waals surface area contributed by atoms with Crippen LogP contribution in [0.5, 0.6) is 0 Å². The zero-order valence-corrected chi connectivity index (χ0v) is 15.2. The van der Waals surface area contributed by atoms with Crippen LogP contribution in [0.3, 0.4) is 0 Å². The van der Waals surface area contributed by atoms with Crippen molar-refractivity contribution in [2.45, 2.75) is 36.2 Å². The van der Waals surface area contributed by atoms with Gasteiger partial charge in [0.2, 0.25) is 20.0 Å². The fourth-order valence-electron chi connectivity index (χ4n) is 2.75. The number of hydrogen-bond acceptors (Lipinski definition) is 5. The number of piperidine rings is 1. The zero-order valence-electron chi connectivity index (χ0n) is 13.5. The Morgan fingerprint density at radius 2 is 1.79 bits per heavy atom. The van der Waals surface area contributed by atoms with Gasteiger partial charge in [-0.3, -0.25) is 0 Å². The number of hydrogen-bond donors (Lipinski definition) is 2. The van der Waals surface area contributed by atoms with Crippen LogP contribution in [-0.4, -0.2) is 40.4 Å². The lowest BCUT2D eigenvalue weighted by Crippen LogP contribution is -2.46. The van der Waals surface area contributed by atoms with Crippen molar-refractivity contribution in [2.75, 3.05) is 13.1 Å². The maximum atomic E-state index is 12.5. The first-order chi connectivity index (χ1) is 11.3. The van der Waals surface area contributed by atoms with Crippen molar-refractivity contribution in [1.29, 1.82) is 0 Å². The van der Waals surface area contributed by atoms with E-state index in [0.717, 1.165) is 5.56 Å². The molecule has 1 fully saturated rings. The summed E-state index contributed by atoms with van der Waals surface area (Å²) < 4.78 is 51.6. The third-order valence-electron chi connectivity index (χ3n) is 4.18. The number of nitrogens with one attached hydrogen (secondary N) is 2. The van der Waals surface area contributed by atoms with Gasteiger partial charge in [0.1, 0.15) is 0 Å². The highest BCUT2D eigenvalue weighted by Crippen LogP contribution is 2.17. The summed E-state index contributed by atoms with van der Waals surface area (Å²) in [6.07, 6.45) is 2.93. The van der Waals surface area contributed by atoms with Gasteiger partial charge in [-0.25, -0.2) is 16.8 Å². The van der Waals surface area contributed by atoms with E-state index < -0.39 is 30.5 Å². The summed E-state index contributed by atoms with van der Waals surface area (Å²) in [7, 11) is -7.93. The van der Waals surface area contributed by atoms with Crippen LogP contribution in [0.2, 0.25) is 0 Å². The highest BCUT2D eigenvalue weighted by atomic mass is 32.3. The van der Waals surface area contributed by atoms with Crippen LogP contribution < -0.4 is 9.44 Å². The van der Waals surface area contributed by atoms with Crippen molar-refractivity contribution in [3.05, 3.63) is 48.6 Å². The predicted molar refractivity (Wildman–Crippen MR) is 95.6 cm³/mol. The van der Waals surface area contributed by atoms with Crippen LogP contribution in [0.15, 0.2) is 43.0 Å². The molecule has 1 unspecified atom stereocenters. The van der Waals surface area contributed by atoms with Crippen LogP contribution in [0, 0.1) is 0 Å². The Bertz CT molecular complexity index is 740. The molecular formula is C16H24N2O4S2. The van der Waals surface area contributed by atoms with Crippen LogP contribution in [-0.2, 0) is 26.5 Å². The Labute approximate surface area is 144 Å². The highest BCUT2D eigenvalue weighted by Gasteiger charge is 2.34. The van der Waals surface area contributed by atoms with Gasteiger partial charge in [0, 0.05) is 0 Å². The second-order valence-electron chi connectivity index (χ2n) is 5.92. The maximum absolute atomic E-state index is 12.5. The van der Waals surface area contributed by atoms with Gasteiger partial charge in [-0.2, -0.15) is 0 Å². The first kappa shape index (κ1) is 19.1. The lowest BCUT2D eigenvalue weighted by molar-refractivity contribution is 0.493. The molecule has 0 bridgehead atoms. The van der Waals surface area contributed by atoms with Crippen molar-refractivity contribution in [1.82, 2.24) is 9.44 Å². The molecule has 0 amide bonds. The summed E-state index contributed by atoms with van der Waals surface area (Å²) in [5.41, 5.74) is 1.00. The number of sulfonamides is 2. The average molecular weight is 373 g/mol. The highest BCUT2D eigenvalue weighted by molar-refractivity contribution is 8.05. The van der Waals surface area contributed by atoms with Gasteiger partial charge in [-0.15, -0.1) is 10.7 Å². The molecule has 0 aliphatic carbocycles. The van der Waals surface area contributed by atoms with Gasteiger partial charge in [-0.1, -0.05) is 36.4 Å². The third kappa shape index (κ3) is 5.14. The molecule has 1 atom stereocenters. The molecule has 0 saturated carbocycles. The molecule has 0 aromatic heterocycles. The van der Waals surface area contributed by atoms with Gasteiger partial charge < -0.3 is 5.32 Å². The second kappa shape index (κ2) is 8.24. The molecule has 0 radical (unpaired) electrons. The minimum absolute atomic E-state index is 0.282. The molecule has 134 valence electrons. The normalized spacial score (nSPS) is 18.2. The smallest absolute Gasteiger partial charge is 0.231 e. The summed E-state index contributed by atoms with van der Waals surface area (Å²) in [5.74, 6) is 0. The molecule has 2 rings (SSSR count). The Hall–Kier alpha value is -1.22. The number of rotatable bonds is 8. The average Bonchev–Trinajstić information content (AvgIpc) is 2.56. The van der Waals surface area contributed by atoms with Crippen LogP contribution in [0.4, 0.5) is 0 Å². The maximum Gasteiger partial charge on any atom is 0.231 e. The zero-order chi connectivity index (χ0) is 17.6. The van der Waals surface area contributed by atoms with E-state index in [9.17, 15) is 16.8 Å². The topological polar surface area (TPSA) is 92.3 Å². The minimum atomic E-state index is -4.03. The standard InChI is InChI=1S/C16H24N2O4S2/c1-2-15(9-8-14-6-4-3-5-7-14)23(19,20)18-24(21,22)16-10-12-17-13-11-16/h2-7,15-18H,1,8-13H2. The Morgan fingerprint density at radius 3 is 2.38 bits per heavy atom. The number of aryl methyl sites for hydroxylation is 1. The lowest BCUT2D eigenvalue weighted by Gasteiger charge is -2.24. The van der Waals surface area contributed by atoms with Crippen molar-refractivity contribution in [3.63, 3.8) is 0 Å². The molecule has 1 saturated heterocycles. The fraction of sp³-hybridized carbons (Fsp3) is 0.500. The van der Waals surface area contributed by atoms with E-state index in [0.29, 0.717) is 32.4 Å². The monoisotopic (exact) mass is 372 g/mol. The first-order valence-corrected chi connectivity index (χ1v) is 11.1. The molecule has 1 aromatic carbocycles. The van der Waals surface area contributed by atoms with Crippen molar-refractivity contribution in [3.8, 4) is 0 Å². The molecule has 8 heteroatoms. The Morgan fingerprint density at radius 1 is 1.17 bits per heavy atom. The van der Waals surface area contributed by atoms with Gasteiger partial charge in [0.15, 0.2) is 0 Å². The Kier molecular flexibility index (Phi) is 6.56. The SMILES string of the molecule is C=CC(CCc1ccccc1)S(=O)(=O)NS(=O)(=O)C1CCNCC1. The van der Waals surface area contributed by atoms with Crippen molar-refractivity contribution < 1.29 is 16.8 Å². The molecule has 1 aliphatic heterocycles. The molecule has 6 nitrogen and oxygen atoms in total. The van der Waals surface area contributed by atoms with E-state index in [-0.39, 0.29) is 6.42 Å². The summed E-state index contributed by atoms with van der Waals surface area (Å²) in [4.78, 5) is 0. The second-order valence-corrected chi connectivity index (χ2v) is 10.0. The minimum Gasteiger partial charge on any atom is -0.317 e. The van der Waals surface area contributed by atoms with Crippen molar-refractivity contribution in [2.24, 2.45) is 0 Å². The van der Waals surface area contributed by atoms with Gasteiger partial charge in [-0.05, 0) is 44.3 Å². The molecule has 0 spiro atoms. The van der Waals surface area contributed by atoms with E-state index in [4.69, 9.17) is 0 Å². The third-order valence-corrected chi connectivity index (χ3v) is 8.61. The quantitative estimate of drug-likeness (QED) is 0.669. The predicted octanol–water partition coefficient (Wildman–Crippen LogP) is 1.18. The molecular weight excluding hydrogens is 348 g/mol. The van der Waals surface area contributed by atoms with Gasteiger partial charge >= 0.3 is 0 Å². The van der Waals surface area contributed by atoms with Crippen molar-refractivity contribution >= 4 is 20.0 Å². The molecule has 1 aliphatic rings. The van der Waals surface area contributed by atoms with E-state index >= 15 is 0 Å². The Balaban J connectivity index is 2.04. The van der Waals surface area contributed by atoms with Crippen LogP contribution in [0.25, 0.3) is 0 Å². The summed E-state index contributed by atoms with van der Waals surface area (Å²) in [5, 5.41) is 1.44. The summed E-state index contributed by atoms with van der Waals surface area (Å²) >= 11 is 0. The van der Waals surface area contributed by atoms with E-state index in [1.165, 1.54) is 6.08 Å². The van der Waals surface area contributed by atoms with E-state index in [1.54, 1.807) is 0 Å². The summed E-state index contributed by atoms with van der Waals surface area (Å²) in [6, 6.07) is 9.47. The first-order valence-electron chi connectivity index (χ1n) is 7.98. The molecule has 1 heterocycles. The van der Waals surface area contributed by atoms with E-state index in [2.05, 4.69) is 11.9 Å². The van der Waals surface area contributed by atoms with Gasteiger partial charge in [0.25, 0.3) is 0 Å². The lowest BCUT2D eigenvalue weighted by atomic mass is 10.1. The largest absolute Gasteiger partial charge is 0.317 e. The van der Waals surface area contributed by atoms with E-state index in [1.807, 2.05) is 34.5 Å². The molecule has 2 N–H and O–H groups in total. The van der Waals surface area contributed by atoms with Crippen LogP contribution in [0.1, 0.15) is 24.8 Å². The summed E-state index contributed by atoms with van der Waals surface area (Å²) in [6.45, 7) is 4.71. The molecule has 24 heavy (non-hydrogen) atoms. The van der Waals surface area contributed by atoms with Crippen LogP contribution >= 0.6 is 0 Å².